The Bertz CT molecular complexity index is 1410. The van der Waals surface area contributed by atoms with Crippen LogP contribution in [0.3, 0.4) is 0 Å². The summed E-state index contributed by atoms with van der Waals surface area (Å²) in [6, 6.07) is 20.5. The number of aromatic nitrogens is 1. The van der Waals surface area contributed by atoms with Gasteiger partial charge in [0.05, 0.1) is 21.5 Å². The number of halogens is 2. The Morgan fingerprint density at radius 3 is 2.41 bits per heavy atom. The van der Waals surface area contributed by atoms with Gasteiger partial charge in [-0.05, 0) is 60.7 Å². The lowest BCUT2D eigenvalue weighted by atomic mass is 10.1. The first-order chi connectivity index (χ1) is 15.5. The number of para-hydroxylation sites is 1. The van der Waals surface area contributed by atoms with Crippen molar-refractivity contribution in [2.75, 3.05) is 11.1 Å². The Labute approximate surface area is 196 Å². The van der Waals surface area contributed by atoms with E-state index in [9.17, 15) is 9.18 Å². The average Bonchev–Trinajstić information content (AvgIpc) is 3.35. The molecule has 5 rings (SSSR count). The van der Waals surface area contributed by atoms with Gasteiger partial charge in [0.2, 0.25) is 5.78 Å². The Morgan fingerprint density at radius 1 is 0.969 bits per heavy atom. The maximum Gasteiger partial charge on any atom is 0.205 e. The summed E-state index contributed by atoms with van der Waals surface area (Å²) < 4.78 is 14.4. The van der Waals surface area contributed by atoms with E-state index >= 15 is 0 Å². The van der Waals surface area contributed by atoms with Gasteiger partial charge in [-0.25, -0.2) is 9.37 Å². The number of ketones is 1. The second-order valence-electron chi connectivity index (χ2n) is 7.00. The molecule has 5 aromatic rings. The molecular weight excluding hydrogens is 465 g/mol. The average molecular weight is 480 g/mol. The molecule has 32 heavy (non-hydrogen) atoms. The third-order valence-corrected chi connectivity index (χ3v) is 7.29. The Hall–Kier alpha value is -3.26. The molecule has 0 saturated carbocycles. The Balaban J connectivity index is 1.64. The molecule has 0 fully saturated rings. The van der Waals surface area contributed by atoms with Crippen LogP contribution in [0.1, 0.15) is 15.2 Å². The smallest absolute Gasteiger partial charge is 0.205 e. The minimum absolute atomic E-state index is 0.265. The quantitative estimate of drug-likeness (QED) is 0.258. The maximum atomic E-state index is 13.3. The number of rotatable bonds is 5. The molecule has 0 spiro atoms. The molecule has 0 aliphatic carbocycles. The van der Waals surface area contributed by atoms with Crippen LogP contribution in [-0.4, -0.2) is 10.8 Å². The van der Waals surface area contributed by atoms with E-state index in [2.05, 4.69) is 5.32 Å². The molecule has 0 aliphatic heterocycles. The van der Waals surface area contributed by atoms with Gasteiger partial charge in [0.25, 0.3) is 0 Å². The molecule has 3 N–H and O–H groups in total. The number of benzene rings is 3. The first-order valence-corrected chi connectivity index (χ1v) is 11.6. The van der Waals surface area contributed by atoms with Crippen LogP contribution in [0, 0.1) is 5.82 Å². The number of carbonyl (C=O) groups excluding carboxylic acids is 1. The number of hydrogen-bond donors (Lipinski definition) is 2. The molecule has 0 unspecified atom stereocenters. The third-order valence-electron chi connectivity index (χ3n) is 4.87. The van der Waals surface area contributed by atoms with Crippen molar-refractivity contribution >= 4 is 66.7 Å². The number of nitrogen functional groups attached to an aromatic ring is 1. The van der Waals surface area contributed by atoms with Gasteiger partial charge in [-0.3, -0.25) is 4.79 Å². The van der Waals surface area contributed by atoms with Gasteiger partial charge >= 0.3 is 0 Å². The van der Waals surface area contributed by atoms with Crippen molar-refractivity contribution in [1.29, 1.82) is 0 Å². The molecule has 0 bridgehead atoms. The summed E-state index contributed by atoms with van der Waals surface area (Å²) in [5.74, 6) is -0.667. The van der Waals surface area contributed by atoms with E-state index in [1.54, 1.807) is 12.1 Å². The normalized spacial score (nSPS) is 11.1. The predicted molar refractivity (Wildman–Crippen MR) is 132 cm³/mol. The summed E-state index contributed by atoms with van der Waals surface area (Å²) >= 11 is 8.77. The van der Waals surface area contributed by atoms with Crippen molar-refractivity contribution in [1.82, 2.24) is 4.98 Å². The fraction of sp³-hybridized carbons (Fsp3) is 0. The maximum absolute atomic E-state index is 13.3. The number of nitrogens with one attached hydrogen (secondary N) is 1. The Kier molecular flexibility index (Phi) is 5.38. The molecule has 3 aromatic carbocycles. The lowest BCUT2D eigenvalue weighted by Gasteiger charge is -2.06. The summed E-state index contributed by atoms with van der Waals surface area (Å²) in [6.07, 6.45) is 0. The van der Waals surface area contributed by atoms with Crippen molar-refractivity contribution in [3.63, 3.8) is 0 Å². The largest absolute Gasteiger partial charge is 0.397 e. The van der Waals surface area contributed by atoms with Crippen LogP contribution in [0.4, 0.5) is 20.8 Å². The van der Waals surface area contributed by atoms with Crippen LogP contribution >= 0.6 is 34.3 Å². The van der Waals surface area contributed by atoms with Crippen LogP contribution in [-0.2, 0) is 0 Å². The molecule has 2 aromatic heterocycles. The zero-order valence-corrected chi connectivity index (χ0v) is 18.8. The SMILES string of the molecule is Nc1c(C(=O)c2ccc(F)cc2)sc(Nc2ccc(Cl)cc2)c1-c1nc2ccccc2s1. The highest BCUT2D eigenvalue weighted by atomic mass is 35.5. The van der Waals surface area contributed by atoms with Gasteiger partial charge < -0.3 is 11.1 Å². The van der Waals surface area contributed by atoms with Gasteiger partial charge in [0, 0.05) is 16.3 Å². The highest BCUT2D eigenvalue weighted by Crippen LogP contribution is 2.47. The van der Waals surface area contributed by atoms with Gasteiger partial charge in [0.15, 0.2) is 0 Å². The van der Waals surface area contributed by atoms with Crippen LogP contribution in [0.15, 0.2) is 72.8 Å². The summed E-state index contributed by atoms with van der Waals surface area (Å²) in [5, 5.41) is 5.40. The molecule has 0 aliphatic rings. The third kappa shape index (κ3) is 3.86. The first-order valence-electron chi connectivity index (χ1n) is 9.60. The molecule has 0 saturated heterocycles. The molecule has 8 heteroatoms. The van der Waals surface area contributed by atoms with Crippen molar-refractivity contribution < 1.29 is 9.18 Å². The standard InChI is InChI=1S/C24H15ClFN3OS2/c25-14-7-11-16(12-8-14)28-23-19(24-29-17-3-1-2-4-18(17)31-24)20(27)22(32-23)21(30)13-5-9-15(26)10-6-13/h1-12,28H,27H2. The highest BCUT2D eigenvalue weighted by molar-refractivity contribution is 7.23. The first kappa shape index (κ1) is 20.6. The van der Waals surface area contributed by atoms with Crippen LogP contribution < -0.4 is 11.1 Å². The molecule has 158 valence electrons. The lowest BCUT2D eigenvalue weighted by molar-refractivity contribution is 0.104. The number of nitrogens with zero attached hydrogens (tertiary/aromatic N) is 1. The van der Waals surface area contributed by atoms with Crippen LogP contribution in [0.25, 0.3) is 20.8 Å². The molecular formula is C24H15ClFN3OS2. The number of hydrogen-bond acceptors (Lipinski definition) is 6. The fourth-order valence-corrected chi connectivity index (χ4v) is 5.61. The number of anilines is 3. The fourth-order valence-electron chi connectivity index (χ4n) is 3.29. The zero-order chi connectivity index (χ0) is 22.2. The summed E-state index contributed by atoms with van der Waals surface area (Å²) in [7, 11) is 0. The minimum atomic E-state index is -0.402. The van der Waals surface area contributed by atoms with Crippen molar-refractivity contribution in [3.8, 4) is 10.6 Å². The van der Waals surface area contributed by atoms with Crippen molar-refractivity contribution in [2.24, 2.45) is 0 Å². The zero-order valence-electron chi connectivity index (χ0n) is 16.4. The van der Waals surface area contributed by atoms with E-state index in [4.69, 9.17) is 22.3 Å². The second-order valence-corrected chi connectivity index (χ2v) is 9.49. The predicted octanol–water partition coefficient (Wildman–Crippen LogP) is 7.37. The number of thiazole rings is 1. The van der Waals surface area contributed by atoms with E-state index < -0.39 is 5.82 Å². The minimum Gasteiger partial charge on any atom is -0.397 e. The van der Waals surface area contributed by atoms with E-state index in [-0.39, 0.29) is 5.78 Å². The summed E-state index contributed by atoms with van der Waals surface area (Å²) in [6.45, 7) is 0. The van der Waals surface area contributed by atoms with E-state index in [0.717, 1.165) is 20.9 Å². The molecule has 0 atom stereocenters. The van der Waals surface area contributed by atoms with Crippen molar-refractivity contribution in [2.45, 2.75) is 0 Å². The number of thiophene rings is 1. The topological polar surface area (TPSA) is 68.0 Å². The number of carbonyl (C=O) groups is 1. The number of fused-ring (bicyclic) bond motifs is 1. The molecule has 0 amide bonds. The second kappa shape index (κ2) is 8.35. The van der Waals surface area contributed by atoms with Gasteiger partial charge in [0.1, 0.15) is 20.7 Å². The van der Waals surface area contributed by atoms with Gasteiger partial charge in [-0.15, -0.1) is 22.7 Å². The summed E-state index contributed by atoms with van der Waals surface area (Å²) in [5.41, 5.74) is 9.59. The Morgan fingerprint density at radius 2 is 1.69 bits per heavy atom. The molecule has 4 nitrogen and oxygen atoms in total. The van der Waals surface area contributed by atoms with Gasteiger partial charge in [-0.1, -0.05) is 23.7 Å². The van der Waals surface area contributed by atoms with Crippen molar-refractivity contribution in [3.05, 3.63) is 94.1 Å². The molecule has 2 heterocycles. The van der Waals surface area contributed by atoms with Crippen LogP contribution in [0.5, 0.6) is 0 Å². The molecule has 0 radical (unpaired) electrons. The van der Waals surface area contributed by atoms with E-state index in [0.29, 0.717) is 31.7 Å². The van der Waals surface area contributed by atoms with Gasteiger partial charge in [-0.2, -0.15) is 0 Å². The summed E-state index contributed by atoms with van der Waals surface area (Å²) in [4.78, 5) is 18.3. The monoisotopic (exact) mass is 479 g/mol. The lowest BCUT2D eigenvalue weighted by Crippen LogP contribution is -2.02. The van der Waals surface area contributed by atoms with E-state index in [1.807, 2.05) is 36.4 Å². The number of nitrogens with two attached hydrogens (primary N) is 1. The highest BCUT2D eigenvalue weighted by Gasteiger charge is 2.25. The van der Waals surface area contributed by atoms with E-state index in [1.165, 1.54) is 46.9 Å². The van der Waals surface area contributed by atoms with Crippen LogP contribution in [0.2, 0.25) is 5.02 Å².